The molecule has 3 rings (SSSR count). The van der Waals surface area contributed by atoms with Gasteiger partial charge in [-0.2, -0.15) is 0 Å². The van der Waals surface area contributed by atoms with Crippen molar-refractivity contribution in [3.8, 4) is 0 Å². The molecule has 3 aromatic rings. The van der Waals surface area contributed by atoms with Crippen molar-refractivity contribution < 1.29 is 9.18 Å². The number of aromatic nitrogens is 1. The van der Waals surface area contributed by atoms with E-state index in [1.807, 2.05) is 12.1 Å². The van der Waals surface area contributed by atoms with E-state index in [-0.39, 0.29) is 16.6 Å². The normalized spacial score (nSPS) is 10.7. The molecule has 1 aromatic heterocycles. The van der Waals surface area contributed by atoms with E-state index in [0.717, 1.165) is 5.56 Å². The van der Waals surface area contributed by atoms with Crippen LogP contribution >= 0.6 is 23.2 Å². The fraction of sp³-hybridized carbons (Fsp3) is 0.0588. The summed E-state index contributed by atoms with van der Waals surface area (Å²) in [5.74, 6) is -0.746. The quantitative estimate of drug-likeness (QED) is 0.702. The molecule has 23 heavy (non-hydrogen) atoms. The molecule has 0 saturated carbocycles. The zero-order chi connectivity index (χ0) is 16.4. The van der Waals surface area contributed by atoms with Crippen LogP contribution in [-0.4, -0.2) is 10.9 Å². The number of hydrogen-bond acceptors (Lipinski definition) is 2. The van der Waals surface area contributed by atoms with E-state index in [9.17, 15) is 9.18 Å². The molecule has 116 valence electrons. The highest BCUT2D eigenvalue weighted by molar-refractivity contribution is 6.33. The van der Waals surface area contributed by atoms with Crippen LogP contribution in [0.2, 0.25) is 10.2 Å². The average Bonchev–Trinajstić information content (AvgIpc) is 2.53. The molecule has 1 N–H and O–H groups in total. The Balaban J connectivity index is 1.81. The zero-order valence-corrected chi connectivity index (χ0v) is 13.3. The standard InChI is InChI=1S/C17H11Cl2FN2O/c18-12-4-1-10(2-5-12)9-21-17(23)14-7-11-3-6-13(20)8-15(11)22-16(14)19/h1-8H,9H2,(H,21,23). The minimum absolute atomic E-state index is 0.0386. The van der Waals surface area contributed by atoms with Gasteiger partial charge in [-0.05, 0) is 35.9 Å². The molecule has 6 heteroatoms. The maximum Gasteiger partial charge on any atom is 0.254 e. The first kappa shape index (κ1) is 15.7. The molecule has 0 atom stereocenters. The number of carbonyl (C=O) groups excluding carboxylic acids is 1. The molecule has 0 aliphatic heterocycles. The number of carbonyl (C=O) groups is 1. The van der Waals surface area contributed by atoms with Gasteiger partial charge in [-0.3, -0.25) is 4.79 Å². The second kappa shape index (κ2) is 6.52. The number of halogens is 3. The van der Waals surface area contributed by atoms with Crippen molar-refractivity contribution in [2.24, 2.45) is 0 Å². The van der Waals surface area contributed by atoms with Crippen molar-refractivity contribution in [3.05, 3.63) is 75.7 Å². The van der Waals surface area contributed by atoms with Crippen LogP contribution in [-0.2, 0) is 6.54 Å². The molecule has 0 spiro atoms. The van der Waals surface area contributed by atoms with Gasteiger partial charge in [0.05, 0.1) is 11.1 Å². The molecule has 0 fully saturated rings. The summed E-state index contributed by atoms with van der Waals surface area (Å²) < 4.78 is 13.2. The Bertz CT molecular complexity index is 882. The van der Waals surface area contributed by atoms with Gasteiger partial charge in [-0.1, -0.05) is 35.3 Å². The first-order chi connectivity index (χ1) is 11.0. The number of nitrogens with zero attached hydrogens (tertiary/aromatic N) is 1. The van der Waals surface area contributed by atoms with E-state index < -0.39 is 5.82 Å². The van der Waals surface area contributed by atoms with Gasteiger partial charge in [0.25, 0.3) is 5.91 Å². The summed E-state index contributed by atoms with van der Waals surface area (Å²) in [6.45, 7) is 0.341. The summed E-state index contributed by atoms with van der Waals surface area (Å²) in [4.78, 5) is 16.4. The maximum absolute atomic E-state index is 13.2. The topological polar surface area (TPSA) is 42.0 Å². The number of rotatable bonds is 3. The van der Waals surface area contributed by atoms with Crippen LogP contribution in [0, 0.1) is 5.82 Å². The summed E-state index contributed by atoms with van der Waals surface area (Å²) in [5.41, 5.74) is 1.57. The molecule has 3 nitrogen and oxygen atoms in total. The van der Waals surface area contributed by atoms with Gasteiger partial charge >= 0.3 is 0 Å². The molecular weight excluding hydrogens is 338 g/mol. The van der Waals surface area contributed by atoms with Gasteiger partial charge in [0.15, 0.2) is 0 Å². The molecule has 1 amide bonds. The third kappa shape index (κ3) is 3.60. The lowest BCUT2D eigenvalue weighted by Gasteiger charge is -2.08. The van der Waals surface area contributed by atoms with Gasteiger partial charge < -0.3 is 5.32 Å². The fourth-order valence-corrected chi connectivity index (χ4v) is 2.51. The molecule has 2 aromatic carbocycles. The molecule has 0 aliphatic carbocycles. The van der Waals surface area contributed by atoms with Gasteiger partial charge in [-0.25, -0.2) is 9.37 Å². The summed E-state index contributed by atoms with van der Waals surface area (Å²) >= 11 is 11.9. The van der Waals surface area contributed by atoms with Crippen LogP contribution in [0.3, 0.4) is 0 Å². The van der Waals surface area contributed by atoms with Crippen molar-refractivity contribution in [2.45, 2.75) is 6.54 Å². The van der Waals surface area contributed by atoms with Crippen LogP contribution in [0.1, 0.15) is 15.9 Å². The highest BCUT2D eigenvalue weighted by Crippen LogP contribution is 2.21. The van der Waals surface area contributed by atoms with Crippen molar-refractivity contribution >= 4 is 40.0 Å². The van der Waals surface area contributed by atoms with E-state index in [0.29, 0.717) is 22.5 Å². The monoisotopic (exact) mass is 348 g/mol. The zero-order valence-electron chi connectivity index (χ0n) is 11.8. The van der Waals surface area contributed by atoms with E-state index in [4.69, 9.17) is 23.2 Å². The Morgan fingerprint density at radius 2 is 1.83 bits per heavy atom. The van der Waals surface area contributed by atoms with Crippen molar-refractivity contribution in [1.82, 2.24) is 10.3 Å². The minimum atomic E-state index is -0.402. The lowest BCUT2D eigenvalue weighted by Crippen LogP contribution is -2.23. The smallest absolute Gasteiger partial charge is 0.254 e. The maximum atomic E-state index is 13.2. The van der Waals surface area contributed by atoms with Gasteiger partial charge in [0.2, 0.25) is 0 Å². The fourth-order valence-electron chi connectivity index (χ4n) is 2.16. The van der Waals surface area contributed by atoms with Gasteiger partial charge in [0, 0.05) is 23.0 Å². The highest BCUT2D eigenvalue weighted by Gasteiger charge is 2.13. The van der Waals surface area contributed by atoms with E-state index in [2.05, 4.69) is 10.3 Å². The lowest BCUT2D eigenvalue weighted by atomic mass is 10.1. The molecule has 0 radical (unpaired) electrons. The number of pyridine rings is 1. The number of nitrogens with one attached hydrogen (secondary N) is 1. The average molecular weight is 349 g/mol. The third-order valence-electron chi connectivity index (χ3n) is 3.34. The summed E-state index contributed by atoms with van der Waals surface area (Å²) in [7, 11) is 0. The predicted molar refractivity (Wildman–Crippen MR) is 89.3 cm³/mol. The van der Waals surface area contributed by atoms with E-state index in [1.165, 1.54) is 12.1 Å². The largest absolute Gasteiger partial charge is 0.348 e. The third-order valence-corrected chi connectivity index (χ3v) is 3.88. The van der Waals surface area contributed by atoms with Gasteiger partial charge in [-0.15, -0.1) is 0 Å². The van der Waals surface area contributed by atoms with Crippen LogP contribution in [0.25, 0.3) is 10.9 Å². The predicted octanol–water partition coefficient (Wildman–Crippen LogP) is 4.61. The van der Waals surface area contributed by atoms with Crippen LogP contribution in [0.4, 0.5) is 4.39 Å². The summed E-state index contributed by atoms with van der Waals surface area (Å²) in [6, 6.07) is 12.9. The van der Waals surface area contributed by atoms with E-state index >= 15 is 0 Å². The van der Waals surface area contributed by atoms with Crippen molar-refractivity contribution in [1.29, 1.82) is 0 Å². The Kier molecular flexibility index (Phi) is 4.46. The molecule has 0 aliphatic rings. The van der Waals surface area contributed by atoms with Crippen LogP contribution in [0.5, 0.6) is 0 Å². The van der Waals surface area contributed by atoms with Gasteiger partial charge in [0.1, 0.15) is 11.0 Å². The Hall–Kier alpha value is -2.17. The number of fused-ring (bicyclic) bond motifs is 1. The second-order valence-electron chi connectivity index (χ2n) is 4.97. The molecule has 1 heterocycles. The molecule has 0 saturated heterocycles. The van der Waals surface area contributed by atoms with E-state index in [1.54, 1.807) is 24.3 Å². The molecular formula is C17H11Cl2FN2O. The lowest BCUT2D eigenvalue weighted by molar-refractivity contribution is 0.0951. The Labute approximate surface area is 142 Å². The van der Waals surface area contributed by atoms with Crippen molar-refractivity contribution in [3.63, 3.8) is 0 Å². The second-order valence-corrected chi connectivity index (χ2v) is 5.77. The van der Waals surface area contributed by atoms with Crippen molar-refractivity contribution in [2.75, 3.05) is 0 Å². The number of amides is 1. The number of benzene rings is 2. The summed E-state index contributed by atoms with van der Waals surface area (Å²) in [5, 5.41) is 4.09. The number of hydrogen-bond donors (Lipinski definition) is 1. The summed E-state index contributed by atoms with van der Waals surface area (Å²) in [6.07, 6.45) is 0. The van der Waals surface area contributed by atoms with Crippen LogP contribution < -0.4 is 5.32 Å². The molecule has 0 unspecified atom stereocenters. The van der Waals surface area contributed by atoms with Crippen LogP contribution in [0.15, 0.2) is 48.5 Å². The first-order valence-electron chi connectivity index (χ1n) is 6.81. The minimum Gasteiger partial charge on any atom is -0.348 e. The Morgan fingerprint density at radius 1 is 1.09 bits per heavy atom. The molecule has 0 bridgehead atoms. The Morgan fingerprint density at radius 3 is 2.57 bits per heavy atom. The SMILES string of the molecule is O=C(NCc1ccc(Cl)cc1)c1cc2ccc(F)cc2nc1Cl. The first-order valence-corrected chi connectivity index (χ1v) is 7.57. The highest BCUT2D eigenvalue weighted by atomic mass is 35.5.